The molecular formula is C12H24N2OS. The minimum atomic E-state index is 0.251. The lowest BCUT2D eigenvalue weighted by atomic mass is 9.91. The Morgan fingerprint density at radius 2 is 2.38 bits per heavy atom. The Morgan fingerprint density at radius 1 is 1.56 bits per heavy atom. The van der Waals surface area contributed by atoms with Crippen LogP contribution in [0.3, 0.4) is 0 Å². The van der Waals surface area contributed by atoms with E-state index in [1.165, 1.54) is 31.6 Å². The molecule has 0 amide bonds. The number of nitrogens with zero attached hydrogens (tertiary/aromatic N) is 1. The Bertz CT molecular complexity index is 239. The minimum absolute atomic E-state index is 0.251. The van der Waals surface area contributed by atoms with Crippen LogP contribution in [0.2, 0.25) is 0 Å². The quantitative estimate of drug-likeness (QED) is 0.812. The van der Waals surface area contributed by atoms with Gasteiger partial charge in [-0.25, -0.2) is 0 Å². The highest BCUT2D eigenvalue weighted by atomic mass is 32.2. The molecule has 2 aliphatic rings. The maximum atomic E-state index is 6.05. The SMILES string of the molecule is COC1CCCN(C2(CN)CSC(C)C2)C1. The van der Waals surface area contributed by atoms with Crippen molar-refractivity contribution in [2.75, 3.05) is 32.5 Å². The Kier molecular flexibility index (Phi) is 4.16. The van der Waals surface area contributed by atoms with Crippen LogP contribution in [0, 0.1) is 0 Å². The number of piperidine rings is 1. The van der Waals surface area contributed by atoms with Gasteiger partial charge in [0.25, 0.3) is 0 Å². The third-order valence-corrected chi connectivity index (χ3v) is 5.51. The van der Waals surface area contributed by atoms with Crippen molar-refractivity contribution in [2.24, 2.45) is 5.73 Å². The fraction of sp³-hybridized carbons (Fsp3) is 1.00. The van der Waals surface area contributed by atoms with Crippen molar-refractivity contribution in [1.82, 2.24) is 4.90 Å². The van der Waals surface area contributed by atoms with Crippen molar-refractivity contribution in [3.05, 3.63) is 0 Å². The lowest BCUT2D eigenvalue weighted by Crippen LogP contribution is -2.58. The van der Waals surface area contributed by atoms with Crippen LogP contribution >= 0.6 is 11.8 Å². The average Bonchev–Trinajstić information content (AvgIpc) is 2.72. The standard InChI is InChI=1S/C12H24N2OS/c1-10-6-12(8-13,9-16-10)14-5-3-4-11(7-14)15-2/h10-11H,3-9,13H2,1-2H3. The number of thioether (sulfide) groups is 1. The highest BCUT2D eigenvalue weighted by Crippen LogP contribution is 2.39. The Hall–Kier alpha value is 0.230. The number of ether oxygens (including phenoxy) is 1. The van der Waals surface area contributed by atoms with E-state index in [0.717, 1.165) is 18.3 Å². The fourth-order valence-electron chi connectivity index (χ4n) is 3.00. The number of hydrogen-bond acceptors (Lipinski definition) is 4. The van der Waals surface area contributed by atoms with E-state index in [1.54, 1.807) is 0 Å². The number of methoxy groups -OCH3 is 1. The molecule has 0 aromatic rings. The first kappa shape index (κ1) is 12.7. The summed E-state index contributed by atoms with van der Waals surface area (Å²) in [5, 5.41) is 0.756. The summed E-state index contributed by atoms with van der Waals surface area (Å²) in [6, 6.07) is 0. The van der Waals surface area contributed by atoms with Crippen LogP contribution in [-0.4, -0.2) is 54.3 Å². The lowest BCUT2D eigenvalue weighted by Gasteiger charge is -2.44. The van der Waals surface area contributed by atoms with Crippen molar-refractivity contribution in [2.45, 2.75) is 43.1 Å². The van der Waals surface area contributed by atoms with Gasteiger partial charge in [0, 0.05) is 36.7 Å². The molecule has 2 rings (SSSR count). The maximum absolute atomic E-state index is 6.05. The second-order valence-corrected chi connectivity index (χ2v) is 6.63. The summed E-state index contributed by atoms with van der Waals surface area (Å²) >= 11 is 2.07. The van der Waals surface area contributed by atoms with Gasteiger partial charge in [-0.2, -0.15) is 11.8 Å². The molecule has 2 N–H and O–H groups in total. The van der Waals surface area contributed by atoms with Gasteiger partial charge in [-0.3, -0.25) is 4.90 Å². The molecule has 4 heteroatoms. The summed E-state index contributed by atoms with van der Waals surface area (Å²) < 4.78 is 5.51. The Labute approximate surface area is 103 Å². The Balaban J connectivity index is 2.03. The number of nitrogens with two attached hydrogens (primary N) is 1. The summed E-state index contributed by atoms with van der Waals surface area (Å²) in [6.45, 7) is 5.38. The van der Waals surface area contributed by atoms with E-state index >= 15 is 0 Å². The molecular weight excluding hydrogens is 220 g/mol. The van der Waals surface area contributed by atoms with Gasteiger partial charge in [0.05, 0.1) is 6.10 Å². The first-order valence-corrected chi connectivity index (χ1v) is 7.34. The van der Waals surface area contributed by atoms with Crippen molar-refractivity contribution in [1.29, 1.82) is 0 Å². The van der Waals surface area contributed by atoms with Gasteiger partial charge in [0.2, 0.25) is 0 Å². The molecule has 2 heterocycles. The van der Waals surface area contributed by atoms with Gasteiger partial charge >= 0.3 is 0 Å². The zero-order chi connectivity index (χ0) is 11.6. The zero-order valence-electron chi connectivity index (χ0n) is 10.4. The van der Waals surface area contributed by atoms with Crippen LogP contribution < -0.4 is 5.73 Å². The van der Waals surface area contributed by atoms with Crippen LogP contribution in [0.4, 0.5) is 0 Å². The van der Waals surface area contributed by atoms with E-state index in [0.29, 0.717) is 6.10 Å². The molecule has 3 unspecified atom stereocenters. The minimum Gasteiger partial charge on any atom is -0.380 e. The largest absolute Gasteiger partial charge is 0.380 e. The lowest BCUT2D eigenvalue weighted by molar-refractivity contribution is -0.0101. The predicted molar refractivity (Wildman–Crippen MR) is 69.9 cm³/mol. The highest BCUT2D eigenvalue weighted by Gasteiger charge is 2.43. The van der Waals surface area contributed by atoms with Crippen molar-refractivity contribution in [3.63, 3.8) is 0 Å². The van der Waals surface area contributed by atoms with Crippen LogP contribution in [0.1, 0.15) is 26.2 Å². The molecule has 94 valence electrons. The van der Waals surface area contributed by atoms with Gasteiger partial charge in [-0.1, -0.05) is 6.92 Å². The van der Waals surface area contributed by atoms with Crippen LogP contribution in [0.25, 0.3) is 0 Å². The van der Waals surface area contributed by atoms with Crippen molar-refractivity contribution in [3.8, 4) is 0 Å². The first-order chi connectivity index (χ1) is 7.70. The van der Waals surface area contributed by atoms with E-state index in [9.17, 15) is 0 Å². The van der Waals surface area contributed by atoms with Crippen molar-refractivity contribution >= 4 is 11.8 Å². The summed E-state index contributed by atoms with van der Waals surface area (Å²) in [7, 11) is 1.83. The fourth-order valence-corrected chi connectivity index (χ4v) is 4.44. The molecule has 0 aliphatic carbocycles. The van der Waals surface area contributed by atoms with Crippen LogP contribution in [-0.2, 0) is 4.74 Å². The van der Waals surface area contributed by atoms with E-state index in [4.69, 9.17) is 10.5 Å². The molecule has 0 saturated carbocycles. The van der Waals surface area contributed by atoms with Crippen LogP contribution in [0.15, 0.2) is 0 Å². The molecule has 0 spiro atoms. The topological polar surface area (TPSA) is 38.5 Å². The van der Waals surface area contributed by atoms with Gasteiger partial charge in [0.15, 0.2) is 0 Å². The molecule has 0 aromatic heterocycles. The summed E-state index contributed by atoms with van der Waals surface area (Å²) in [5.74, 6) is 1.20. The molecule has 2 fully saturated rings. The highest BCUT2D eigenvalue weighted by molar-refractivity contribution is 8.00. The molecule has 0 bridgehead atoms. The number of likely N-dealkylation sites (tertiary alicyclic amines) is 1. The zero-order valence-corrected chi connectivity index (χ0v) is 11.3. The van der Waals surface area contributed by atoms with E-state index in [1.807, 2.05) is 7.11 Å². The second kappa shape index (κ2) is 5.25. The van der Waals surface area contributed by atoms with E-state index in [-0.39, 0.29) is 5.54 Å². The molecule has 3 nitrogen and oxygen atoms in total. The summed E-state index contributed by atoms with van der Waals surface area (Å²) in [6.07, 6.45) is 4.11. The second-order valence-electron chi connectivity index (χ2n) is 5.20. The van der Waals surface area contributed by atoms with Gasteiger partial charge in [-0.15, -0.1) is 0 Å². The molecule has 2 saturated heterocycles. The molecule has 2 aliphatic heterocycles. The normalized spacial score (nSPS) is 41.4. The monoisotopic (exact) mass is 244 g/mol. The molecule has 3 atom stereocenters. The van der Waals surface area contributed by atoms with Gasteiger partial charge < -0.3 is 10.5 Å². The molecule has 0 aromatic carbocycles. The van der Waals surface area contributed by atoms with Crippen LogP contribution in [0.5, 0.6) is 0 Å². The third kappa shape index (κ3) is 2.40. The number of rotatable bonds is 3. The van der Waals surface area contributed by atoms with Crippen molar-refractivity contribution < 1.29 is 4.74 Å². The smallest absolute Gasteiger partial charge is 0.0698 e. The van der Waals surface area contributed by atoms with Gasteiger partial charge in [0.1, 0.15) is 0 Å². The molecule has 16 heavy (non-hydrogen) atoms. The Morgan fingerprint density at radius 3 is 2.94 bits per heavy atom. The average molecular weight is 244 g/mol. The maximum Gasteiger partial charge on any atom is 0.0698 e. The summed E-state index contributed by atoms with van der Waals surface area (Å²) in [4.78, 5) is 2.60. The third-order valence-electron chi connectivity index (χ3n) is 4.07. The van der Waals surface area contributed by atoms with Gasteiger partial charge in [-0.05, 0) is 25.8 Å². The molecule has 0 radical (unpaired) electrons. The van der Waals surface area contributed by atoms with E-state index < -0.39 is 0 Å². The van der Waals surface area contributed by atoms with E-state index in [2.05, 4.69) is 23.6 Å². The summed E-state index contributed by atoms with van der Waals surface area (Å²) in [5.41, 5.74) is 6.30. The number of hydrogen-bond donors (Lipinski definition) is 1. The first-order valence-electron chi connectivity index (χ1n) is 6.30. The predicted octanol–water partition coefficient (Wildman–Crippen LogP) is 1.32.